The molecular formula is C18H21N5O2. The van der Waals surface area contributed by atoms with E-state index >= 15 is 0 Å². The van der Waals surface area contributed by atoms with E-state index in [0.717, 1.165) is 25.7 Å². The molecule has 25 heavy (non-hydrogen) atoms. The van der Waals surface area contributed by atoms with Crippen molar-refractivity contribution in [1.29, 1.82) is 0 Å². The van der Waals surface area contributed by atoms with Gasteiger partial charge in [0, 0.05) is 36.9 Å². The average Bonchev–Trinajstić information content (AvgIpc) is 2.64. The molecule has 7 nitrogen and oxygen atoms in total. The third kappa shape index (κ3) is 4.32. The molecule has 130 valence electrons. The Morgan fingerprint density at radius 3 is 2.20 bits per heavy atom. The first-order valence-electron chi connectivity index (χ1n) is 8.36. The van der Waals surface area contributed by atoms with Crippen LogP contribution in [0.4, 0.5) is 5.69 Å². The van der Waals surface area contributed by atoms with Crippen molar-refractivity contribution in [2.45, 2.75) is 37.8 Å². The lowest BCUT2D eigenvalue weighted by Gasteiger charge is -2.32. The Morgan fingerprint density at radius 2 is 1.60 bits per heavy atom. The van der Waals surface area contributed by atoms with Crippen molar-refractivity contribution < 1.29 is 9.59 Å². The van der Waals surface area contributed by atoms with Gasteiger partial charge in [-0.3, -0.25) is 19.6 Å². The zero-order chi connectivity index (χ0) is 17.6. The molecular weight excluding hydrogens is 318 g/mol. The van der Waals surface area contributed by atoms with E-state index in [-0.39, 0.29) is 23.9 Å². The second-order valence-electron chi connectivity index (χ2n) is 6.19. The van der Waals surface area contributed by atoms with Gasteiger partial charge in [-0.15, -0.1) is 0 Å². The van der Waals surface area contributed by atoms with Crippen molar-refractivity contribution in [3.05, 3.63) is 54.1 Å². The number of amides is 2. The predicted molar refractivity (Wildman–Crippen MR) is 93.9 cm³/mol. The van der Waals surface area contributed by atoms with E-state index in [2.05, 4.69) is 20.6 Å². The van der Waals surface area contributed by atoms with Gasteiger partial charge in [0.2, 0.25) is 0 Å². The lowest BCUT2D eigenvalue weighted by molar-refractivity contribution is 0.0862. The number of nitrogen functional groups attached to an aromatic ring is 1. The maximum absolute atomic E-state index is 12.4. The van der Waals surface area contributed by atoms with Crippen LogP contribution in [0.15, 0.2) is 43.0 Å². The summed E-state index contributed by atoms with van der Waals surface area (Å²) < 4.78 is 0. The van der Waals surface area contributed by atoms with Gasteiger partial charge >= 0.3 is 0 Å². The molecule has 7 heteroatoms. The molecule has 2 atom stereocenters. The van der Waals surface area contributed by atoms with Crippen LogP contribution in [0.25, 0.3) is 0 Å². The molecule has 2 amide bonds. The van der Waals surface area contributed by atoms with Crippen LogP contribution in [0.5, 0.6) is 0 Å². The van der Waals surface area contributed by atoms with Crippen molar-refractivity contribution in [2.24, 2.45) is 0 Å². The first-order valence-corrected chi connectivity index (χ1v) is 8.36. The molecule has 1 fully saturated rings. The van der Waals surface area contributed by atoms with Crippen LogP contribution < -0.4 is 16.4 Å². The largest absolute Gasteiger partial charge is 0.397 e. The highest BCUT2D eigenvalue weighted by molar-refractivity contribution is 5.95. The number of nitrogens with two attached hydrogens (primary N) is 1. The van der Waals surface area contributed by atoms with Gasteiger partial charge in [-0.1, -0.05) is 12.8 Å². The number of pyridine rings is 2. The summed E-state index contributed by atoms with van der Waals surface area (Å²) in [6.45, 7) is 0. The molecule has 0 spiro atoms. The van der Waals surface area contributed by atoms with Crippen molar-refractivity contribution in [1.82, 2.24) is 20.6 Å². The Labute approximate surface area is 146 Å². The van der Waals surface area contributed by atoms with Crippen LogP contribution in [-0.2, 0) is 0 Å². The third-order valence-electron chi connectivity index (χ3n) is 4.34. The normalized spacial score (nSPS) is 19.8. The molecule has 0 saturated heterocycles. The Hall–Kier alpha value is -2.96. The molecule has 0 radical (unpaired) electrons. The van der Waals surface area contributed by atoms with Crippen LogP contribution in [0, 0.1) is 0 Å². The van der Waals surface area contributed by atoms with Gasteiger partial charge in [-0.05, 0) is 31.0 Å². The van der Waals surface area contributed by atoms with Crippen LogP contribution >= 0.6 is 0 Å². The molecule has 0 unspecified atom stereocenters. The zero-order valence-corrected chi connectivity index (χ0v) is 13.8. The van der Waals surface area contributed by atoms with E-state index in [0.29, 0.717) is 16.8 Å². The summed E-state index contributed by atoms with van der Waals surface area (Å²) in [5, 5.41) is 6.02. The molecule has 2 heterocycles. The van der Waals surface area contributed by atoms with Gasteiger partial charge in [0.1, 0.15) is 0 Å². The number of carbonyl (C=O) groups is 2. The summed E-state index contributed by atoms with van der Waals surface area (Å²) in [7, 11) is 0. The fourth-order valence-electron chi connectivity index (χ4n) is 3.06. The minimum Gasteiger partial charge on any atom is -0.397 e. The number of hydrogen-bond donors (Lipinski definition) is 3. The molecule has 1 aliphatic carbocycles. The molecule has 0 aliphatic heterocycles. The lowest BCUT2D eigenvalue weighted by Crippen LogP contribution is -2.53. The van der Waals surface area contributed by atoms with E-state index in [1.165, 1.54) is 18.6 Å². The zero-order valence-electron chi connectivity index (χ0n) is 13.8. The maximum Gasteiger partial charge on any atom is 0.253 e. The van der Waals surface area contributed by atoms with Crippen molar-refractivity contribution in [3.63, 3.8) is 0 Å². The van der Waals surface area contributed by atoms with Gasteiger partial charge in [0.25, 0.3) is 11.8 Å². The number of anilines is 1. The van der Waals surface area contributed by atoms with Crippen LogP contribution in [0.3, 0.4) is 0 Å². The molecule has 1 aliphatic rings. The number of aromatic nitrogens is 2. The number of carbonyl (C=O) groups excluding carboxylic acids is 2. The topological polar surface area (TPSA) is 110 Å². The Kier molecular flexibility index (Phi) is 5.23. The fourth-order valence-corrected chi connectivity index (χ4v) is 3.06. The molecule has 1 saturated carbocycles. The monoisotopic (exact) mass is 339 g/mol. The van der Waals surface area contributed by atoms with E-state index in [1.54, 1.807) is 24.4 Å². The summed E-state index contributed by atoms with van der Waals surface area (Å²) in [6.07, 6.45) is 9.81. The van der Waals surface area contributed by atoms with Crippen LogP contribution in [0.1, 0.15) is 46.4 Å². The van der Waals surface area contributed by atoms with Gasteiger partial charge < -0.3 is 16.4 Å². The molecule has 0 bridgehead atoms. The van der Waals surface area contributed by atoms with Gasteiger partial charge in [0.15, 0.2) is 0 Å². The first kappa shape index (κ1) is 16.9. The first-order chi connectivity index (χ1) is 12.1. The second-order valence-corrected chi connectivity index (χ2v) is 6.19. The lowest BCUT2D eigenvalue weighted by atomic mass is 9.90. The Bertz CT molecular complexity index is 750. The van der Waals surface area contributed by atoms with E-state index < -0.39 is 0 Å². The summed E-state index contributed by atoms with van der Waals surface area (Å²) in [5.74, 6) is -0.405. The smallest absolute Gasteiger partial charge is 0.253 e. The number of hydrogen-bond acceptors (Lipinski definition) is 5. The van der Waals surface area contributed by atoms with Crippen molar-refractivity contribution in [3.8, 4) is 0 Å². The van der Waals surface area contributed by atoms with Crippen molar-refractivity contribution >= 4 is 17.5 Å². The highest BCUT2D eigenvalue weighted by Crippen LogP contribution is 2.20. The second kappa shape index (κ2) is 7.74. The van der Waals surface area contributed by atoms with Crippen LogP contribution in [-0.4, -0.2) is 33.9 Å². The number of rotatable bonds is 4. The van der Waals surface area contributed by atoms with Gasteiger partial charge in [0.05, 0.1) is 16.8 Å². The minimum absolute atomic E-state index is 0.112. The summed E-state index contributed by atoms with van der Waals surface area (Å²) in [6, 6.07) is 4.80. The highest BCUT2D eigenvalue weighted by atomic mass is 16.2. The quantitative estimate of drug-likeness (QED) is 0.782. The van der Waals surface area contributed by atoms with E-state index in [9.17, 15) is 9.59 Å². The van der Waals surface area contributed by atoms with E-state index in [1.807, 2.05) is 0 Å². The summed E-state index contributed by atoms with van der Waals surface area (Å²) in [5.41, 5.74) is 7.06. The molecule has 3 rings (SSSR count). The summed E-state index contributed by atoms with van der Waals surface area (Å²) >= 11 is 0. The molecule has 4 N–H and O–H groups in total. The van der Waals surface area contributed by atoms with Crippen LogP contribution in [0.2, 0.25) is 0 Å². The SMILES string of the molecule is Nc1cncc(C(=O)N[C@H]2CCCC[C@@H]2NC(=O)c2cccnc2)c1. The Balaban J connectivity index is 1.66. The summed E-state index contributed by atoms with van der Waals surface area (Å²) in [4.78, 5) is 32.7. The number of nitrogens with zero attached hydrogens (tertiary/aromatic N) is 2. The molecule has 2 aromatic rings. The maximum atomic E-state index is 12.4. The standard InChI is InChI=1S/C18H21N5O2/c19-14-8-13(10-21-11-14)18(25)23-16-6-2-1-5-15(16)22-17(24)12-4-3-7-20-9-12/h3-4,7-11,15-16H,1-2,5-6,19H2,(H,22,24)(H,23,25)/t15-,16-/m0/s1. The molecule has 0 aromatic carbocycles. The Morgan fingerprint density at radius 1 is 0.960 bits per heavy atom. The third-order valence-corrected chi connectivity index (χ3v) is 4.34. The average molecular weight is 339 g/mol. The van der Waals surface area contributed by atoms with E-state index in [4.69, 9.17) is 5.73 Å². The highest BCUT2D eigenvalue weighted by Gasteiger charge is 2.28. The number of nitrogens with one attached hydrogen (secondary N) is 2. The molecule has 2 aromatic heterocycles. The van der Waals surface area contributed by atoms with Crippen molar-refractivity contribution in [2.75, 3.05) is 5.73 Å². The minimum atomic E-state index is -0.229. The van der Waals surface area contributed by atoms with Gasteiger partial charge in [-0.2, -0.15) is 0 Å². The fraction of sp³-hybridized carbons (Fsp3) is 0.333. The van der Waals surface area contributed by atoms with Gasteiger partial charge in [-0.25, -0.2) is 0 Å². The predicted octanol–water partition coefficient (Wildman–Crippen LogP) is 1.53.